The molecule has 0 aliphatic carbocycles. The first-order chi connectivity index (χ1) is 17.0. The molecule has 0 spiro atoms. The number of fused-ring (bicyclic) bond motifs is 3. The Hall–Kier alpha value is -2.32. The molecule has 194 valence electrons. The molecule has 11 nitrogen and oxygen atoms in total. The number of oxime groups is 1. The van der Waals surface area contributed by atoms with Crippen molar-refractivity contribution >= 4 is 33.3 Å². The third-order valence-corrected chi connectivity index (χ3v) is 8.14. The molecule has 0 saturated heterocycles. The van der Waals surface area contributed by atoms with Crippen molar-refractivity contribution in [1.29, 1.82) is 0 Å². The number of anilines is 1. The van der Waals surface area contributed by atoms with E-state index >= 15 is 0 Å². The van der Waals surface area contributed by atoms with Crippen molar-refractivity contribution < 1.29 is 64.0 Å². The number of hydrogen-bond acceptors (Lipinski definition) is 8. The quantitative estimate of drug-likeness (QED) is 0.263. The van der Waals surface area contributed by atoms with Gasteiger partial charge in [-0.3, -0.25) is 4.79 Å². The van der Waals surface area contributed by atoms with Crippen molar-refractivity contribution in [1.82, 2.24) is 9.21 Å². The summed E-state index contributed by atoms with van der Waals surface area (Å²) in [6.07, 6.45) is -0.847. The minimum atomic E-state index is -3.58. The number of benzene rings is 2. The van der Waals surface area contributed by atoms with E-state index in [0.29, 0.717) is 17.8 Å². The predicted molar refractivity (Wildman–Crippen MR) is 133 cm³/mol. The fraction of sp³-hybridized carbons (Fsp3) is 0.375. The molecule has 0 aromatic heterocycles. The number of likely N-dealkylation sites (N-methyl/N-ethyl adjacent to an activating group) is 1. The van der Waals surface area contributed by atoms with Crippen LogP contribution in [0, 0.1) is 0 Å². The molecule has 13 heteroatoms. The van der Waals surface area contributed by atoms with Crippen LogP contribution >= 0.6 is 0 Å². The van der Waals surface area contributed by atoms with Crippen molar-refractivity contribution in [2.24, 2.45) is 5.16 Å². The summed E-state index contributed by atoms with van der Waals surface area (Å²) < 4.78 is 26.1. The fourth-order valence-electron chi connectivity index (χ4n) is 4.34. The summed E-state index contributed by atoms with van der Waals surface area (Å²) in [5, 5.41) is 25.1. The zero-order chi connectivity index (χ0) is 26.2. The van der Waals surface area contributed by atoms with Crippen LogP contribution in [0.1, 0.15) is 24.5 Å². The number of nitrogens with zero attached hydrogens (tertiary/aromatic N) is 3. The zero-order valence-electron chi connectivity index (χ0n) is 22.2. The Kier molecular flexibility index (Phi) is 9.17. The number of hydrogen-bond donors (Lipinski definition) is 3. The average molecular weight is 541 g/mol. The molecule has 1 unspecified atom stereocenters. The topological polar surface area (TPSA) is 149 Å². The predicted octanol–water partition coefficient (Wildman–Crippen LogP) is -1.78. The molecule has 2 aliphatic rings. The van der Waals surface area contributed by atoms with Gasteiger partial charge in [0.25, 0.3) is 5.91 Å². The summed E-state index contributed by atoms with van der Waals surface area (Å²) in [4.78, 5) is 31.6. The molecule has 2 aromatic rings. The third-order valence-electron chi connectivity index (χ3n) is 6.31. The number of aliphatic hydroxyl groups is 1. The second-order valence-corrected chi connectivity index (χ2v) is 11.1. The van der Waals surface area contributed by atoms with Crippen LogP contribution in [-0.4, -0.2) is 85.8 Å². The van der Waals surface area contributed by atoms with Crippen LogP contribution in [0.3, 0.4) is 0 Å². The second kappa shape index (κ2) is 11.6. The molecule has 0 saturated carbocycles. The van der Waals surface area contributed by atoms with E-state index in [2.05, 4.69) is 15.4 Å². The molecule has 0 radical (unpaired) electrons. The van der Waals surface area contributed by atoms with E-state index in [-0.39, 0.29) is 48.0 Å². The number of rotatable bonds is 8. The Morgan fingerprint density at radius 1 is 1.24 bits per heavy atom. The Bertz CT molecular complexity index is 1350. The average Bonchev–Trinajstić information content (AvgIpc) is 3.16. The Morgan fingerprint density at radius 3 is 2.51 bits per heavy atom. The molecule has 1 atom stereocenters. The van der Waals surface area contributed by atoms with Gasteiger partial charge in [-0.25, -0.2) is 17.5 Å². The number of carbonyl (C=O) groups is 2. The van der Waals surface area contributed by atoms with Gasteiger partial charge >= 0.3 is 35.5 Å². The van der Waals surface area contributed by atoms with E-state index in [9.17, 15) is 23.1 Å². The van der Waals surface area contributed by atoms with Gasteiger partial charge in [-0.15, -0.1) is 0 Å². The maximum Gasteiger partial charge on any atom is 1.00 e. The minimum Gasteiger partial charge on any atom is -1.00 e. The van der Waals surface area contributed by atoms with E-state index in [1.807, 2.05) is 7.05 Å². The van der Waals surface area contributed by atoms with Crippen molar-refractivity contribution in [3.8, 4) is 11.1 Å². The normalized spacial score (nSPS) is 17.1. The molecule has 2 aromatic carbocycles. The van der Waals surface area contributed by atoms with Gasteiger partial charge in [0.05, 0.1) is 10.6 Å². The largest absolute Gasteiger partial charge is 1.00 e. The monoisotopic (exact) mass is 540 g/mol. The molecule has 4 rings (SSSR count). The standard InChI is InChI=1S/C24H28N4O7S.Na.H/c1-27(2)36(33,34)15-6-4-14(5-7-15)17-12-18-21(19-13-28(3)10-8-16(17)19)25-23(30)22(18)26-35-20(9-11-29)24(31)32;;/h4-7,12,20,29H,8-11,13H2,1-3H3,(H,31,32)(H,25,26,30);;/q;+1;-1. The van der Waals surface area contributed by atoms with Gasteiger partial charge in [-0.05, 0) is 53.9 Å². The number of carboxylic acids is 1. The first kappa shape index (κ1) is 29.2. The fourth-order valence-corrected chi connectivity index (χ4v) is 5.24. The molecule has 37 heavy (non-hydrogen) atoms. The minimum absolute atomic E-state index is 0. The molecule has 0 fully saturated rings. The van der Waals surface area contributed by atoms with Crippen LogP contribution in [0.4, 0.5) is 5.69 Å². The molecule has 1 amide bonds. The van der Waals surface area contributed by atoms with E-state index in [4.69, 9.17) is 9.94 Å². The molecule has 0 bridgehead atoms. The number of amides is 1. The number of nitrogens with one attached hydrogen (secondary N) is 1. The van der Waals surface area contributed by atoms with Crippen LogP contribution in [0.2, 0.25) is 0 Å². The summed E-state index contributed by atoms with van der Waals surface area (Å²) in [6.45, 7) is 0.981. The van der Waals surface area contributed by atoms with Crippen LogP contribution in [0.15, 0.2) is 40.4 Å². The summed E-state index contributed by atoms with van der Waals surface area (Å²) >= 11 is 0. The SMILES string of the molecule is CN1CCc2c(-c3ccc(S(=O)(=O)N(C)C)cc3)cc3c(c2C1)NC(=O)C3=NOC(CCO)C(=O)O.[H-].[Na+]. The van der Waals surface area contributed by atoms with Gasteiger partial charge in [0.15, 0.2) is 5.71 Å². The van der Waals surface area contributed by atoms with Crippen molar-refractivity contribution in [3.63, 3.8) is 0 Å². The number of carboxylic acid groups (broad SMARTS) is 1. The van der Waals surface area contributed by atoms with Crippen LogP contribution in [-0.2, 0) is 37.4 Å². The molecule has 3 N–H and O–H groups in total. The first-order valence-corrected chi connectivity index (χ1v) is 12.8. The van der Waals surface area contributed by atoms with E-state index in [0.717, 1.165) is 39.5 Å². The van der Waals surface area contributed by atoms with E-state index in [1.54, 1.807) is 30.3 Å². The van der Waals surface area contributed by atoms with Gasteiger partial charge in [0.2, 0.25) is 16.1 Å². The number of sulfonamides is 1. The van der Waals surface area contributed by atoms with Gasteiger partial charge < -0.3 is 26.7 Å². The Balaban J connectivity index is 0.00000253. The molecule has 2 heterocycles. The van der Waals surface area contributed by atoms with Crippen molar-refractivity contribution in [2.75, 3.05) is 39.6 Å². The molecule has 2 aliphatic heterocycles. The maximum atomic E-state index is 12.8. The van der Waals surface area contributed by atoms with Crippen LogP contribution in [0.25, 0.3) is 11.1 Å². The van der Waals surface area contributed by atoms with Gasteiger partial charge in [0, 0.05) is 45.8 Å². The summed E-state index contributed by atoms with van der Waals surface area (Å²) in [6, 6.07) is 8.36. The van der Waals surface area contributed by atoms with Crippen LogP contribution in [0.5, 0.6) is 0 Å². The third kappa shape index (κ3) is 5.75. The van der Waals surface area contributed by atoms with Gasteiger partial charge in [-0.2, -0.15) is 0 Å². The summed E-state index contributed by atoms with van der Waals surface area (Å²) in [5.41, 5.74) is 4.60. The van der Waals surface area contributed by atoms with E-state index in [1.165, 1.54) is 14.1 Å². The summed E-state index contributed by atoms with van der Waals surface area (Å²) in [5.74, 6) is -1.81. The van der Waals surface area contributed by atoms with Crippen molar-refractivity contribution in [2.45, 2.75) is 30.4 Å². The van der Waals surface area contributed by atoms with Gasteiger partial charge in [-0.1, -0.05) is 17.3 Å². The van der Waals surface area contributed by atoms with Crippen LogP contribution < -0.4 is 34.9 Å². The second-order valence-electron chi connectivity index (χ2n) is 8.94. The number of aliphatic carboxylic acids is 1. The Morgan fingerprint density at radius 2 is 1.92 bits per heavy atom. The Labute approximate surface area is 238 Å². The zero-order valence-corrected chi connectivity index (χ0v) is 24.0. The van der Waals surface area contributed by atoms with Gasteiger partial charge in [0.1, 0.15) is 0 Å². The molecular weight excluding hydrogens is 511 g/mol. The molecular formula is C24H29N4NaO7S. The van der Waals surface area contributed by atoms with E-state index < -0.39 is 34.6 Å². The van der Waals surface area contributed by atoms with Crippen molar-refractivity contribution in [3.05, 3.63) is 47.0 Å². The summed E-state index contributed by atoms with van der Waals surface area (Å²) in [7, 11) is 1.34. The number of carbonyl (C=O) groups excluding carboxylic acids is 1. The maximum absolute atomic E-state index is 12.8. The smallest absolute Gasteiger partial charge is 1.00 e. The first-order valence-electron chi connectivity index (χ1n) is 11.3. The number of aliphatic hydroxyl groups excluding tert-OH is 1.